The summed E-state index contributed by atoms with van der Waals surface area (Å²) in [7, 11) is 6.75. The van der Waals surface area contributed by atoms with Crippen LogP contribution in [0.15, 0.2) is 0 Å². The highest BCUT2D eigenvalue weighted by Crippen LogP contribution is 2.43. The normalized spacial score (nSPS) is 40.6. The Labute approximate surface area is 124 Å². The van der Waals surface area contributed by atoms with Gasteiger partial charge in [0.25, 0.3) is 0 Å². The molecule has 2 bridgehead atoms. The summed E-state index contributed by atoms with van der Waals surface area (Å²) in [5, 5.41) is 0. The smallest absolute Gasteiger partial charge is 0.0361 e. The Bertz CT molecular complexity index is 321. The van der Waals surface area contributed by atoms with Crippen LogP contribution in [-0.2, 0) is 0 Å². The van der Waals surface area contributed by atoms with E-state index in [0.717, 1.165) is 24.7 Å². The van der Waals surface area contributed by atoms with Crippen LogP contribution in [0.4, 0.5) is 0 Å². The van der Waals surface area contributed by atoms with Crippen LogP contribution in [0.2, 0.25) is 0 Å². The molecular weight excluding hydrogens is 248 g/mol. The Morgan fingerprint density at radius 1 is 1.05 bits per heavy atom. The van der Waals surface area contributed by atoms with Gasteiger partial charge in [-0.1, -0.05) is 0 Å². The van der Waals surface area contributed by atoms with E-state index in [1.807, 2.05) is 0 Å². The maximum Gasteiger partial charge on any atom is 0.0361 e. The summed E-state index contributed by atoms with van der Waals surface area (Å²) >= 11 is 0. The number of rotatable bonds is 3. The number of fused-ring (bicyclic) bond motifs is 2. The molecule has 4 nitrogen and oxygen atoms in total. The van der Waals surface area contributed by atoms with Gasteiger partial charge in [0, 0.05) is 43.3 Å². The molecule has 3 heterocycles. The van der Waals surface area contributed by atoms with E-state index in [9.17, 15) is 0 Å². The minimum atomic E-state index is 0.301. The average Bonchev–Trinajstić information content (AvgIpc) is 2.69. The lowest BCUT2D eigenvalue weighted by molar-refractivity contribution is -0.0200. The third-order valence-electron chi connectivity index (χ3n) is 6.46. The molecule has 4 heteroatoms. The van der Waals surface area contributed by atoms with Crippen LogP contribution in [0.1, 0.15) is 38.5 Å². The predicted octanol–water partition coefficient (Wildman–Crippen LogP) is 0.967. The third kappa shape index (κ3) is 2.41. The van der Waals surface area contributed by atoms with Crippen molar-refractivity contribution < 1.29 is 0 Å². The predicted molar refractivity (Wildman–Crippen MR) is 83.9 cm³/mol. The molecule has 0 spiro atoms. The molecule has 20 heavy (non-hydrogen) atoms. The van der Waals surface area contributed by atoms with E-state index in [4.69, 9.17) is 5.73 Å². The van der Waals surface area contributed by atoms with E-state index in [-0.39, 0.29) is 0 Å². The minimum Gasteiger partial charge on any atom is -0.329 e. The molecule has 3 saturated heterocycles. The van der Waals surface area contributed by atoms with E-state index in [1.54, 1.807) is 0 Å². The number of nitrogens with two attached hydrogens (primary N) is 1. The largest absolute Gasteiger partial charge is 0.329 e. The third-order valence-corrected chi connectivity index (χ3v) is 6.46. The van der Waals surface area contributed by atoms with Gasteiger partial charge in [-0.15, -0.1) is 0 Å². The Balaban J connectivity index is 1.69. The summed E-state index contributed by atoms with van der Waals surface area (Å²) in [6.45, 7) is 3.33. The quantitative estimate of drug-likeness (QED) is 0.835. The van der Waals surface area contributed by atoms with Crippen LogP contribution in [0.5, 0.6) is 0 Å². The molecule has 0 aromatic carbocycles. The Kier molecular flexibility index (Phi) is 4.10. The number of hydrogen-bond acceptors (Lipinski definition) is 4. The van der Waals surface area contributed by atoms with Crippen molar-refractivity contribution in [2.45, 2.75) is 62.2 Å². The van der Waals surface area contributed by atoms with Crippen LogP contribution in [0, 0.1) is 0 Å². The Morgan fingerprint density at radius 2 is 1.60 bits per heavy atom. The summed E-state index contributed by atoms with van der Waals surface area (Å²) in [6.07, 6.45) is 7.97. The molecular formula is C16H32N4. The Hall–Kier alpha value is -0.160. The number of piperidine rings is 2. The summed E-state index contributed by atoms with van der Waals surface area (Å²) in [4.78, 5) is 7.77. The zero-order valence-corrected chi connectivity index (χ0v) is 13.5. The van der Waals surface area contributed by atoms with Crippen molar-refractivity contribution in [1.82, 2.24) is 14.7 Å². The van der Waals surface area contributed by atoms with E-state index in [2.05, 4.69) is 35.8 Å². The van der Waals surface area contributed by atoms with Crippen molar-refractivity contribution in [3.63, 3.8) is 0 Å². The van der Waals surface area contributed by atoms with Crippen molar-refractivity contribution in [2.75, 3.05) is 40.8 Å². The molecule has 0 aliphatic carbocycles. The second-order valence-electron chi connectivity index (χ2n) is 7.57. The highest BCUT2D eigenvalue weighted by atomic mass is 15.3. The standard InChI is InChI=1S/C16H32N4/c1-18(2)13-6-8-20(9-7-13)16(12-17)10-14-4-5-15(11-16)19(14)3/h13-15H,4-12,17H2,1-3H3. The van der Waals surface area contributed by atoms with Gasteiger partial charge in [-0.2, -0.15) is 0 Å². The van der Waals surface area contributed by atoms with Crippen LogP contribution < -0.4 is 5.73 Å². The maximum absolute atomic E-state index is 6.29. The molecule has 2 atom stereocenters. The van der Waals surface area contributed by atoms with Crippen molar-refractivity contribution in [2.24, 2.45) is 5.73 Å². The highest BCUT2D eigenvalue weighted by molar-refractivity contribution is 5.07. The molecule has 3 rings (SSSR count). The zero-order valence-electron chi connectivity index (χ0n) is 13.5. The molecule has 0 radical (unpaired) electrons. The van der Waals surface area contributed by atoms with Gasteiger partial charge in [-0.25, -0.2) is 0 Å². The van der Waals surface area contributed by atoms with Gasteiger partial charge in [0.2, 0.25) is 0 Å². The second kappa shape index (κ2) is 5.56. The summed E-state index contributed by atoms with van der Waals surface area (Å²) in [5.41, 5.74) is 6.59. The van der Waals surface area contributed by atoms with E-state index < -0.39 is 0 Å². The molecule has 2 unspecified atom stereocenters. The fourth-order valence-electron chi connectivity index (χ4n) is 4.95. The second-order valence-corrected chi connectivity index (χ2v) is 7.57. The molecule has 0 saturated carbocycles. The topological polar surface area (TPSA) is 35.7 Å². The van der Waals surface area contributed by atoms with Crippen LogP contribution >= 0.6 is 0 Å². The SMILES string of the molecule is CN(C)C1CCN(C2(CN)CC3CCC(C2)N3C)CC1. The van der Waals surface area contributed by atoms with Gasteiger partial charge < -0.3 is 15.5 Å². The van der Waals surface area contributed by atoms with Crippen molar-refractivity contribution in [1.29, 1.82) is 0 Å². The monoisotopic (exact) mass is 280 g/mol. The molecule has 0 amide bonds. The van der Waals surface area contributed by atoms with Crippen LogP contribution in [-0.4, -0.2) is 79.1 Å². The number of hydrogen-bond donors (Lipinski definition) is 1. The first-order valence-electron chi connectivity index (χ1n) is 8.39. The fraction of sp³-hybridized carbons (Fsp3) is 1.00. The molecule has 3 aliphatic rings. The van der Waals surface area contributed by atoms with E-state index >= 15 is 0 Å². The van der Waals surface area contributed by atoms with Crippen molar-refractivity contribution in [3.8, 4) is 0 Å². The van der Waals surface area contributed by atoms with Crippen LogP contribution in [0.3, 0.4) is 0 Å². The van der Waals surface area contributed by atoms with Gasteiger partial charge in [-0.3, -0.25) is 4.90 Å². The number of nitrogens with zero attached hydrogens (tertiary/aromatic N) is 3. The highest BCUT2D eigenvalue weighted by Gasteiger charge is 2.49. The first kappa shape index (κ1) is 14.8. The fourth-order valence-corrected chi connectivity index (χ4v) is 4.95. The Morgan fingerprint density at radius 3 is 2.05 bits per heavy atom. The molecule has 116 valence electrons. The number of likely N-dealkylation sites (tertiary alicyclic amines) is 1. The van der Waals surface area contributed by atoms with E-state index in [1.165, 1.54) is 51.6 Å². The minimum absolute atomic E-state index is 0.301. The van der Waals surface area contributed by atoms with Gasteiger partial charge in [0.1, 0.15) is 0 Å². The lowest BCUT2D eigenvalue weighted by Crippen LogP contribution is -2.63. The maximum atomic E-state index is 6.29. The first-order chi connectivity index (χ1) is 9.55. The lowest BCUT2D eigenvalue weighted by Gasteiger charge is -2.53. The molecule has 3 fully saturated rings. The van der Waals surface area contributed by atoms with Crippen LogP contribution in [0.25, 0.3) is 0 Å². The van der Waals surface area contributed by atoms with Crippen molar-refractivity contribution in [3.05, 3.63) is 0 Å². The summed E-state index contributed by atoms with van der Waals surface area (Å²) < 4.78 is 0. The van der Waals surface area contributed by atoms with Gasteiger partial charge in [0.05, 0.1) is 0 Å². The van der Waals surface area contributed by atoms with Gasteiger partial charge >= 0.3 is 0 Å². The molecule has 0 aromatic rings. The van der Waals surface area contributed by atoms with E-state index in [0.29, 0.717) is 5.54 Å². The lowest BCUT2D eigenvalue weighted by atomic mass is 9.80. The summed E-state index contributed by atoms with van der Waals surface area (Å²) in [5.74, 6) is 0. The van der Waals surface area contributed by atoms with Gasteiger partial charge in [-0.05, 0) is 59.7 Å². The molecule has 2 N–H and O–H groups in total. The molecule has 3 aliphatic heterocycles. The van der Waals surface area contributed by atoms with Crippen molar-refractivity contribution >= 4 is 0 Å². The zero-order chi connectivity index (χ0) is 14.3. The average molecular weight is 280 g/mol. The van der Waals surface area contributed by atoms with Gasteiger partial charge in [0.15, 0.2) is 0 Å². The summed E-state index contributed by atoms with van der Waals surface area (Å²) in [6, 6.07) is 2.33. The first-order valence-corrected chi connectivity index (χ1v) is 8.39. The molecule has 0 aromatic heterocycles.